The zero-order valence-electron chi connectivity index (χ0n) is 14.3. The molecule has 0 aliphatic carbocycles. The Balaban J connectivity index is 1.72. The first-order valence-corrected chi connectivity index (χ1v) is 8.05. The van der Waals surface area contributed by atoms with E-state index in [0.717, 1.165) is 0 Å². The van der Waals surface area contributed by atoms with Gasteiger partial charge >= 0.3 is 5.97 Å². The summed E-state index contributed by atoms with van der Waals surface area (Å²) in [6, 6.07) is 12.7. The smallest absolute Gasteiger partial charge is 0.345 e. The van der Waals surface area contributed by atoms with Crippen LogP contribution in [0.1, 0.15) is 23.2 Å². The van der Waals surface area contributed by atoms with E-state index < -0.39 is 10.9 Å². The molecule has 0 fully saturated rings. The second kappa shape index (κ2) is 8.09. The topological polar surface area (TPSA) is 118 Å². The monoisotopic (exact) mass is 369 g/mol. The van der Waals surface area contributed by atoms with E-state index in [0.29, 0.717) is 17.9 Å². The molecule has 1 aromatic heterocycles. The second-order valence-electron chi connectivity index (χ2n) is 5.29. The molecule has 0 atom stereocenters. The molecule has 1 heterocycles. The average Bonchev–Trinajstić information content (AvgIpc) is 3.15. The Morgan fingerprint density at radius 3 is 2.70 bits per heavy atom. The van der Waals surface area contributed by atoms with Gasteiger partial charge in [0.15, 0.2) is 6.61 Å². The third-order valence-corrected chi connectivity index (χ3v) is 3.54. The minimum atomic E-state index is -0.850. The highest BCUT2D eigenvalue weighted by Gasteiger charge is 2.21. The summed E-state index contributed by atoms with van der Waals surface area (Å²) < 4.78 is 15.7. The summed E-state index contributed by atoms with van der Waals surface area (Å²) in [7, 11) is 0. The van der Waals surface area contributed by atoms with E-state index in [1.807, 2.05) is 19.1 Å². The number of aromatic nitrogens is 2. The first-order valence-electron chi connectivity index (χ1n) is 8.05. The summed E-state index contributed by atoms with van der Waals surface area (Å²) in [6.07, 6.45) is 0. The molecule has 2 aromatic carbocycles. The van der Waals surface area contributed by atoms with Gasteiger partial charge in [-0.15, -0.1) is 0 Å². The molecule has 0 spiro atoms. The highest BCUT2D eigenvalue weighted by Crippen LogP contribution is 2.27. The lowest BCUT2D eigenvalue weighted by Gasteiger charge is -2.06. The van der Waals surface area contributed by atoms with E-state index in [2.05, 4.69) is 10.1 Å². The number of nitro groups is 1. The fourth-order valence-electron chi connectivity index (χ4n) is 2.37. The summed E-state index contributed by atoms with van der Waals surface area (Å²) in [5.74, 6) is 0.0973. The van der Waals surface area contributed by atoms with Crippen molar-refractivity contribution in [2.75, 3.05) is 6.61 Å². The summed E-state index contributed by atoms with van der Waals surface area (Å²) in [5, 5.41) is 14.9. The van der Waals surface area contributed by atoms with E-state index in [-0.39, 0.29) is 29.6 Å². The maximum Gasteiger partial charge on any atom is 0.345 e. The molecule has 0 aliphatic rings. The molecule has 3 rings (SSSR count). The lowest BCUT2D eigenvalue weighted by molar-refractivity contribution is -0.385. The number of nitrogens with zero attached hydrogens (tertiary/aromatic N) is 3. The van der Waals surface area contributed by atoms with Crippen molar-refractivity contribution in [3.05, 3.63) is 70.1 Å². The van der Waals surface area contributed by atoms with Gasteiger partial charge in [0.1, 0.15) is 11.3 Å². The van der Waals surface area contributed by atoms with E-state index in [1.54, 1.807) is 12.1 Å². The van der Waals surface area contributed by atoms with Crippen molar-refractivity contribution in [3.63, 3.8) is 0 Å². The third-order valence-electron chi connectivity index (χ3n) is 3.54. The third kappa shape index (κ3) is 4.09. The highest BCUT2D eigenvalue weighted by molar-refractivity contribution is 5.93. The Hall–Kier alpha value is -3.75. The summed E-state index contributed by atoms with van der Waals surface area (Å²) in [4.78, 5) is 26.6. The van der Waals surface area contributed by atoms with Gasteiger partial charge in [-0.25, -0.2) is 4.79 Å². The predicted octanol–water partition coefficient (Wildman–Crippen LogP) is 3.40. The number of hydrogen-bond acceptors (Lipinski definition) is 8. The fraction of sp³-hybridized carbons (Fsp3) is 0.167. The molecule has 0 saturated heterocycles. The standard InChI is InChI=1S/C18H15N3O6/c1-2-25-15-10-6-4-8-13(15)17-19-16(27-20-17)11-26-18(22)12-7-3-5-9-14(12)21(23)24/h3-10H,2,11H2,1H3. The van der Waals surface area contributed by atoms with Crippen LogP contribution in [0.5, 0.6) is 5.75 Å². The number of carbonyl (C=O) groups excluding carboxylic acids is 1. The average molecular weight is 369 g/mol. The van der Waals surface area contributed by atoms with Crippen LogP contribution in [0.2, 0.25) is 0 Å². The SMILES string of the molecule is CCOc1ccccc1-c1noc(COC(=O)c2ccccc2[N+](=O)[O-])n1. The van der Waals surface area contributed by atoms with E-state index in [1.165, 1.54) is 24.3 Å². The molecule has 9 heteroatoms. The lowest BCUT2D eigenvalue weighted by Crippen LogP contribution is -2.08. The normalized spacial score (nSPS) is 10.4. The van der Waals surface area contributed by atoms with Gasteiger partial charge < -0.3 is 14.0 Å². The molecule has 0 N–H and O–H groups in total. The first-order chi connectivity index (χ1) is 13.1. The van der Waals surface area contributed by atoms with Crippen molar-refractivity contribution in [2.45, 2.75) is 13.5 Å². The van der Waals surface area contributed by atoms with Crippen LogP contribution in [0.15, 0.2) is 53.1 Å². The van der Waals surface area contributed by atoms with E-state index >= 15 is 0 Å². The number of benzene rings is 2. The molecule has 0 unspecified atom stereocenters. The zero-order chi connectivity index (χ0) is 19.2. The van der Waals surface area contributed by atoms with Crippen molar-refractivity contribution in [1.29, 1.82) is 0 Å². The van der Waals surface area contributed by atoms with Gasteiger partial charge in [0, 0.05) is 6.07 Å². The van der Waals surface area contributed by atoms with Crippen molar-refractivity contribution in [1.82, 2.24) is 10.1 Å². The van der Waals surface area contributed by atoms with Gasteiger partial charge in [-0.3, -0.25) is 10.1 Å². The van der Waals surface area contributed by atoms with Gasteiger partial charge in [0.05, 0.1) is 17.1 Å². The number of rotatable bonds is 7. The van der Waals surface area contributed by atoms with Crippen molar-refractivity contribution in [2.24, 2.45) is 0 Å². The molecular formula is C18H15N3O6. The molecule has 0 saturated carbocycles. The first kappa shape index (κ1) is 18.1. The van der Waals surface area contributed by atoms with Crippen molar-refractivity contribution < 1.29 is 23.7 Å². The highest BCUT2D eigenvalue weighted by atomic mass is 16.6. The Labute approximate surface area is 153 Å². The van der Waals surface area contributed by atoms with E-state index in [4.69, 9.17) is 14.0 Å². The van der Waals surface area contributed by atoms with E-state index in [9.17, 15) is 14.9 Å². The molecule has 0 bridgehead atoms. The van der Waals surface area contributed by atoms with Gasteiger partial charge in [-0.2, -0.15) is 4.98 Å². The van der Waals surface area contributed by atoms with Crippen LogP contribution in [0.25, 0.3) is 11.4 Å². The molecule has 138 valence electrons. The van der Waals surface area contributed by atoms with Gasteiger partial charge in [0.2, 0.25) is 5.82 Å². The van der Waals surface area contributed by atoms with Crippen molar-refractivity contribution >= 4 is 11.7 Å². The van der Waals surface area contributed by atoms with Crippen LogP contribution < -0.4 is 4.74 Å². The van der Waals surface area contributed by atoms with Crippen LogP contribution in [0.4, 0.5) is 5.69 Å². The summed E-state index contributed by atoms with van der Waals surface area (Å²) in [5.41, 5.74) is 0.155. The number of esters is 1. The quantitative estimate of drug-likeness (QED) is 0.353. The minimum absolute atomic E-state index is 0.0586. The number of hydrogen-bond donors (Lipinski definition) is 0. The van der Waals surface area contributed by atoms with Gasteiger partial charge in [-0.05, 0) is 25.1 Å². The summed E-state index contributed by atoms with van der Waals surface area (Å²) >= 11 is 0. The molecule has 0 amide bonds. The van der Waals surface area contributed by atoms with Crippen LogP contribution in [-0.4, -0.2) is 27.6 Å². The Bertz CT molecular complexity index is 969. The molecule has 0 aliphatic heterocycles. The maximum atomic E-state index is 12.1. The number of ether oxygens (including phenoxy) is 2. The predicted molar refractivity (Wildman–Crippen MR) is 93.1 cm³/mol. The molecular weight excluding hydrogens is 354 g/mol. The Morgan fingerprint density at radius 2 is 1.93 bits per heavy atom. The Morgan fingerprint density at radius 1 is 1.19 bits per heavy atom. The second-order valence-corrected chi connectivity index (χ2v) is 5.29. The largest absolute Gasteiger partial charge is 0.493 e. The van der Waals surface area contributed by atoms with Crippen LogP contribution in [0.3, 0.4) is 0 Å². The molecule has 0 radical (unpaired) electrons. The molecule has 9 nitrogen and oxygen atoms in total. The van der Waals surface area contributed by atoms with Crippen LogP contribution in [0, 0.1) is 10.1 Å². The fourth-order valence-corrected chi connectivity index (χ4v) is 2.37. The molecule has 3 aromatic rings. The Kier molecular flexibility index (Phi) is 5.41. The lowest BCUT2D eigenvalue weighted by atomic mass is 10.2. The zero-order valence-corrected chi connectivity index (χ0v) is 14.3. The van der Waals surface area contributed by atoms with Gasteiger partial charge in [0.25, 0.3) is 11.6 Å². The van der Waals surface area contributed by atoms with Gasteiger partial charge in [-0.1, -0.05) is 29.4 Å². The number of carbonyl (C=O) groups is 1. The van der Waals surface area contributed by atoms with Crippen molar-refractivity contribution in [3.8, 4) is 17.1 Å². The van der Waals surface area contributed by atoms with Crippen LogP contribution >= 0.6 is 0 Å². The summed E-state index contributed by atoms with van der Waals surface area (Å²) in [6.45, 7) is 2.03. The minimum Gasteiger partial charge on any atom is -0.493 e. The number of para-hydroxylation sites is 2. The molecule has 27 heavy (non-hydrogen) atoms. The maximum absolute atomic E-state index is 12.1. The number of nitro benzene ring substituents is 1. The van der Waals surface area contributed by atoms with Crippen LogP contribution in [-0.2, 0) is 11.3 Å².